The minimum Gasteiger partial charge on any atom is -0.468 e. The fraction of sp³-hybridized carbons (Fsp3) is 0.818. The van der Waals surface area contributed by atoms with Gasteiger partial charge >= 0.3 is 5.97 Å². The number of nitrogens with zero attached hydrogens (tertiary/aromatic N) is 1. The average Bonchev–Trinajstić information content (AvgIpc) is 2.14. The molecule has 0 aliphatic heterocycles. The van der Waals surface area contributed by atoms with Gasteiger partial charge in [-0.25, -0.2) is 0 Å². The fourth-order valence-corrected chi connectivity index (χ4v) is 1.21. The van der Waals surface area contributed by atoms with Crippen LogP contribution in [-0.4, -0.2) is 50.6 Å². The molecular weight excluding hydrogens is 208 g/mol. The molecule has 0 unspecified atom stereocenters. The first-order chi connectivity index (χ1) is 7.20. The molecule has 0 spiro atoms. The van der Waals surface area contributed by atoms with Gasteiger partial charge in [0, 0.05) is 14.1 Å². The summed E-state index contributed by atoms with van der Waals surface area (Å²) in [5.74, 6) is -0.419. The number of likely N-dealkylation sites (N-methyl/N-ethyl adjacent to an activating group) is 1. The first kappa shape index (κ1) is 14.9. The van der Waals surface area contributed by atoms with Crippen molar-refractivity contribution >= 4 is 11.9 Å². The number of amides is 1. The van der Waals surface area contributed by atoms with E-state index >= 15 is 0 Å². The van der Waals surface area contributed by atoms with Crippen LogP contribution in [-0.2, 0) is 14.3 Å². The van der Waals surface area contributed by atoms with Crippen molar-refractivity contribution in [1.82, 2.24) is 10.2 Å². The Bertz CT molecular complexity index is 256. The molecule has 0 aromatic heterocycles. The topological polar surface area (TPSA) is 58.6 Å². The fourth-order valence-electron chi connectivity index (χ4n) is 1.21. The van der Waals surface area contributed by atoms with E-state index in [1.54, 1.807) is 14.1 Å². The van der Waals surface area contributed by atoms with Gasteiger partial charge in [-0.2, -0.15) is 0 Å². The number of carbonyl (C=O) groups is 2. The van der Waals surface area contributed by atoms with Crippen molar-refractivity contribution in [2.24, 2.45) is 5.41 Å². The van der Waals surface area contributed by atoms with Crippen LogP contribution in [0.3, 0.4) is 0 Å². The predicted octanol–water partition coefficient (Wildman–Crippen LogP) is 0.252. The first-order valence-electron chi connectivity index (χ1n) is 5.21. The van der Waals surface area contributed by atoms with Crippen molar-refractivity contribution in [2.45, 2.75) is 26.8 Å². The third-order valence-electron chi connectivity index (χ3n) is 2.26. The Balaban J connectivity index is 4.47. The van der Waals surface area contributed by atoms with Crippen LogP contribution in [0.4, 0.5) is 0 Å². The number of ether oxygens (including phenoxy) is 1. The second-order valence-corrected chi connectivity index (χ2v) is 4.99. The maximum absolute atomic E-state index is 11.5. The summed E-state index contributed by atoms with van der Waals surface area (Å²) >= 11 is 0. The lowest BCUT2D eigenvalue weighted by Gasteiger charge is -2.29. The number of carbonyl (C=O) groups excluding carboxylic acids is 2. The predicted molar refractivity (Wildman–Crippen MR) is 62.0 cm³/mol. The Morgan fingerprint density at radius 3 is 2.12 bits per heavy atom. The molecule has 5 nitrogen and oxygen atoms in total. The number of esters is 1. The van der Waals surface area contributed by atoms with Gasteiger partial charge in [0.05, 0.1) is 13.7 Å². The van der Waals surface area contributed by atoms with Crippen molar-refractivity contribution in [1.29, 1.82) is 0 Å². The van der Waals surface area contributed by atoms with Crippen LogP contribution in [0.25, 0.3) is 0 Å². The SMILES string of the molecule is COC(=O)[C@@H](NCC(=O)N(C)C)C(C)(C)C. The molecule has 94 valence electrons. The van der Waals surface area contributed by atoms with Crippen molar-refractivity contribution < 1.29 is 14.3 Å². The zero-order chi connectivity index (χ0) is 12.9. The normalized spacial score (nSPS) is 13.1. The largest absolute Gasteiger partial charge is 0.468 e. The molecule has 0 aromatic carbocycles. The van der Waals surface area contributed by atoms with Gasteiger partial charge in [0.1, 0.15) is 6.04 Å². The van der Waals surface area contributed by atoms with E-state index in [0.717, 1.165) is 0 Å². The third-order valence-corrected chi connectivity index (χ3v) is 2.26. The van der Waals surface area contributed by atoms with Gasteiger partial charge in [0.15, 0.2) is 0 Å². The Hall–Kier alpha value is -1.10. The smallest absolute Gasteiger partial charge is 0.323 e. The highest BCUT2D eigenvalue weighted by molar-refractivity contribution is 5.80. The highest BCUT2D eigenvalue weighted by Crippen LogP contribution is 2.20. The third kappa shape index (κ3) is 4.61. The lowest BCUT2D eigenvalue weighted by atomic mass is 9.87. The quantitative estimate of drug-likeness (QED) is 0.703. The zero-order valence-electron chi connectivity index (χ0n) is 11.0. The molecule has 0 saturated carbocycles. The standard InChI is InChI=1S/C11H22N2O3/c1-11(2,3)9(10(15)16-6)12-7-8(14)13(4)5/h9,12H,7H2,1-6H3/t9-/m1/s1. The summed E-state index contributed by atoms with van der Waals surface area (Å²) < 4.78 is 4.71. The lowest BCUT2D eigenvalue weighted by Crippen LogP contribution is -2.50. The maximum atomic E-state index is 11.5. The summed E-state index contributed by atoms with van der Waals surface area (Å²) in [5.41, 5.74) is -0.292. The number of rotatable bonds is 4. The summed E-state index contributed by atoms with van der Waals surface area (Å²) in [6.07, 6.45) is 0. The van der Waals surface area contributed by atoms with Crippen LogP contribution in [0.2, 0.25) is 0 Å². The molecule has 0 aliphatic rings. The van der Waals surface area contributed by atoms with E-state index in [-0.39, 0.29) is 23.8 Å². The average molecular weight is 230 g/mol. The Morgan fingerprint density at radius 1 is 1.31 bits per heavy atom. The molecule has 0 radical (unpaired) electrons. The van der Waals surface area contributed by atoms with Gasteiger partial charge < -0.3 is 9.64 Å². The first-order valence-corrected chi connectivity index (χ1v) is 5.21. The molecule has 0 heterocycles. The lowest BCUT2D eigenvalue weighted by molar-refractivity contribution is -0.146. The van der Waals surface area contributed by atoms with E-state index in [1.807, 2.05) is 20.8 Å². The maximum Gasteiger partial charge on any atom is 0.323 e. The summed E-state index contributed by atoms with van der Waals surface area (Å²) in [5, 5.41) is 2.93. The van der Waals surface area contributed by atoms with E-state index < -0.39 is 6.04 Å². The van der Waals surface area contributed by atoms with E-state index in [0.29, 0.717) is 0 Å². The molecule has 0 fully saturated rings. The summed E-state index contributed by atoms with van der Waals surface area (Å²) in [4.78, 5) is 24.4. The molecule has 1 atom stereocenters. The molecule has 0 saturated heterocycles. The number of hydrogen-bond donors (Lipinski definition) is 1. The molecule has 0 aromatic rings. The highest BCUT2D eigenvalue weighted by atomic mass is 16.5. The van der Waals surface area contributed by atoms with Crippen LogP contribution >= 0.6 is 0 Å². The molecule has 16 heavy (non-hydrogen) atoms. The minimum absolute atomic E-state index is 0.0712. The van der Waals surface area contributed by atoms with E-state index in [1.165, 1.54) is 12.0 Å². The van der Waals surface area contributed by atoms with Crippen LogP contribution in [0.15, 0.2) is 0 Å². The molecule has 0 rings (SSSR count). The van der Waals surface area contributed by atoms with Crippen molar-refractivity contribution in [3.8, 4) is 0 Å². The monoisotopic (exact) mass is 230 g/mol. The summed E-state index contributed by atoms with van der Waals surface area (Å²) in [6, 6.07) is -0.485. The zero-order valence-corrected chi connectivity index (χ0v) is 11.0. The molecule has 1 N–H and O–H groups in total. The van der Waals surface area contributed by atoms with Crippen molar-refractivity contribution in [2.75, 3.05) is 27.7 Å². The van der Waals surface area contributed by atoms with Gasteiger partial charge in [-0.3, -0.25) is 14.9 Å². The van der Waals surface area contributed by atoms with Crippen molar-refractivity contribution in [3.05, 3.63) is 0 Å². The van der Waals surface area contributed by atoms with E-state index in [4.69, 9.17) is 4.74 Å². The van der Waals surface area contributed by atoms with Crippen LogP contribution < -0.4 is 5.32 Å². The highest BCUT2D eigenvalue weighted by Gasteiger charge is 2.32. The Labute approximate surface area is 97.1 Å². The van der Waals surface area contributed by atoms with Crippen LogP contribution in [0.1, 0.15) is 20.8 Å². The van der Waals surface area contributed by atoms with Gasteiger partial charge in [-0.05, 0) is 5.41 Å². The van der Waals surface area contributed by atoms with Gasteiger partial charge in [0.25, 0.3) is 0 Å². The van der Waals surface area contributed by atoms with E-state index in [9.17, 15) is 9.59 Å². The van der Waals surface area contributed by atoms with Crippen molar-refractivity contribution in [3.63, 3.8) is 0 Å². The van der Waals surface area contributed by atoms with Gasteiger partial charge in [0.2, 0.25) is 5.91 Å². The molecule has 1 amide bonds. The molecule has 0 bridgehead atoms. The van der Waals surface area contributed by atoms with Gasteiger partial charge in [-0.1, -0.05) is 20.8 Å². The number of methoxy groups -OCH3 is 1. The number of hydrogen-bond acceptors (Lipinski definition) is 4. The second-order valence-electron chi connectivity index (χ2n) is 4.99. The molecular formula is C11H22N2O3. The summed E-state index contributed by atoms with van der Waals surface area (Å²) in [6.45, 7) is 5.88. The Kier molecular flexibility index (Phi) is 5.44. The molecule has 0 aliphatic carbocycles. The van der Waals surface area contributed by atoms with Crippen LogP contribution in [0, 0.1) is 5.41 Å². The Morgan fingerprint density at radius 2 is 1.81 bits per heavy atom. The second kappa shape index (κ2) is 5.84. The van der Waals surface area contributed by atoms with E-state index in [2.05, 4.69) is 5.32 Å². The molecule has 5 heteroatoms. The summed E-state index contributed by atoms with van der Waals surface area (Å²) in [7, 11) is 4.69. The van der Waals surface area contributed by atoms with Gasteiger partial charge in [-0.15, -0.1) is 0 Å². The number of nitrogens with one attached hydrogen (secondary N) is 1. The van der Waals surface area contributed by atoms with Crippen LogP contribution in [0.5, 0.6) is 0 Å². The minimum atomic E-state index is -0.485.